The fourth-order valence-corrected chi connectivity index (χ4v) is 2.17. The standard InChI is InChI=1S/C12H19N7O/c1-9(2)12(20)18-7-5-17(6-8-18)11-4-3-10(13)19(15-11)16-14/h3-4,9,13-14H,5-8H2,1-2H3. The number of carbonyl (C=O) groups excluding carboxylic acids is 1. The van der Waals surface area contributed by atoms with Crippen LogP contribution in [0, 0.1) is 16.9 Å². The smallest absolute Gasteiger partial charge is 0.225 e. The van der Waals surface area contributed by atoms with Crippen molar-refractivity contribution in [1.29, 1.82) is 10.9 Å². The zero-order valence-corrected chi connectivity index (χ0v) is 11.7. The van der Waals surface area contributed by atoms with Crippen LogP contribution in [0.4, 0.5) is 5.82 Å². The molecule has 0 atom stereocenters. The van der Waals surface area contributed by atoms with E-state index in [0.29, 0.717) is 32.0 Å². The summed E-state index contributed by atoms with van der Waals surface area (Å²) in [7, 11) is 0. The van der Waals surface area contributed by atoms with E-state index in [4.69, 9.17) is 10.9 Å². The maximum Gasteiger partial charge on any atom is 0.225 e. The Morgan fingerprint density at radius 2 is 1.95 bits per heavy atom. The third kappa shape index (κ3) is 2.84. The molecular formula is C12H19N7O. The van der Waals surface area contributed by atoms with Gasteiger partial charge in [0.15, 0.2) is 11.3 Å². The van der Waals surface area contributed by atoms with Crippen LogP contribution in [0.2, 0.25) is 0 Å². The van der Waals surface area contributed by atoms with Crippen molar-refractivity contribution in [3.63, 3.8) is 0 Å². The number of rotatable bonds is 3. The van der Waals surface area contributed by atoms with Gasteiger partial charge in [0.25, 0.3) is 0 Å². The van der Waals surface area contributed by atoms with E-state index in [9.17, 15) is 4.79 Å². The van der Waals surface area contributed by atoms with E-state index < -0.39 is 0 Å². The first-order valence-corrected chi connectivity index (χ1v) is 6.59. The lowest BCUT2D eigenvalue weighted by atomic mass is 10.1. The van der Waals surface area contributed by atoms with Crippen molar-refractivity contribution in [3.05, 3.63) is 17.6 Å². The van der Waals surface area contributed by atoms with Crippen molar-refractivity contribution in [2.75, 3.05) is 31.1 Å². The molecule has 8 heteroatoms. The van der Waals surface area contributed by atoms with Crippen LogP contribution in [-0.4, -0.2) is 46.9 Å². The second-order valence-electron chi connectivity index (χ2n) is 5.03. The van der Waals surface area contributed by atoms with Gasteiger partial charge in [-0.05, 0) is 12.1 Å². The van der Waals surface area contributed by atoms with Gasteiger partial charge >= 0.3 is 0 Å². The average molecular weight is 277 g/mol. The zero-order valence-electron chi connectivity index (χ0n) is 11.7. The highest BCUT2D eigenvalue weighted by atomic mass is 16.2. The molecule has 108 valence electrons. The maximum absolute atomic E-state index is 11.9. The molecule has 2 heterocycles. The fraction of sp³-hybridized carbons (Fsp3) is 0.583. The van der Waals surface area contributed by atoms with Gasteiger partial charge in [0.1, 0.15) is 0 Å². The first-order chi connectivity index (χ1) is 9.52. The predicted octanol–water partition coefficient (Wildman–Crippen LogP) is 0.461. The number of carbonyl (C=O) groups is 1. The monoisotopic (exact) mass is 277 g/mol. The van der Waals surface area contributed by atoms with Crippen LogP contribution in [0.25, 0.3) is 0 Å². The lowest BCUT2D eigenvalue weighted by Crippen LogP contribution is -2.50. The van der Waals surface area contributed by atoms with Gasteiger partial charge in [-0.3, -0.25) is 10.2 Å². The second-order valence-corrected chi connectivity index (χ2v) is 5.03. The van der Waals surface area contributed by atoms with Gasteiger partial charge < -0.3 is 9.80 Å². The number of amides is 1. The molecule has 1 fully saturated rings. The van der Waals surface area contributed by atoms with Crippen LogP contribution < -0.4 is 10.4 Å². The Bertz CT molecular complexity index is 557. The molecule has 2 rings (SSSR count). The van der Waals surface area contributed by atoms with Crippen LogP contribution in [-0.2, 0) is 4.79 Å². The Kier molecular flexibility index (Phi) is 4.11. The molecule has 8 nitrogen and oxygen atoms in total. The zero-order chi connectivity index (χ0) is 14.7. The summed E-state index contributed by atoms with van der Waals surface area (Å²) in [6.45, 7) is 6.53. The van der Waals surface area contributed by atoms with Gasteiger partial charge in [-0.15, -0.1) is 9.89 Å². The summed E-state index contributed by atoms with van der Waals surface area (Å²) in [4.78, 5) is 16.8. The van der Waals surface area contributed by atoms with Crippen LogP contribution >= 0.6 is 0 Å². The van der Waals surface area contributed by atoms with Crippen molar-refractivity contribution >= 4 is 11.7 Å². The summed E-state index contributed by atoms with van der Waals surface area (Å²) in [5, 5.41) is 14.8. The molecule has 0 spiro atoms. The quantitative estimate of drug-likeness (QED) is 0.785. The van der Waals surface area contributed by atoms with E-state index >= 15 is 0 Å². The highest BCUT2D eigenvalue weighted by Gasteiger charge is 2.23. The summed E-state index contributed by atoms with van der Waals surface area (Å²) in [5.41, 5.74) is 7.03. The SMILES string of the molecule is CC(C)C(=O)N1CCN(c2ccc(=N)n(N=N)n2)CC1. The number of piperazine rings is 1. The van der Waals surface area contributed by atoms with Crippen molar-refractivity contribution in [2.45, 2.75) is 13.8 Å². The molecule has 1 saturated heterocycles. The molecule has 0 aromatic carbocycles. The number of aromatic nitrogens is 2. The summed E-state index contributed by atoms with van der Waals surface area (Å²) in [6, 6.07) is 3.30. The van der Waals surface area contributed by atoms with Crippen LogP contribution in [0.3, 0.4) is 0 Å². The Hall–Kier alpha value is -2.25. The predicted molar refractivity (Wildman–Crippen MR) is 72.3 cm³/mol. The number of nitrogens with zero attached hydrogens (tertiary/aromatic N) is 5. The highest BCUT2D eigenvalue weighted by Crippen LogP contribution is 2.13. The van der Waals surface area contributed by atoms with E-state index in [0.717, 1.165) is 4.79 Å². The fourth-order valence-electron chi connectivity index (χ4n) is 2.17. The third-order valence-corrected chi connectivity index (χ3v) is 3.31. The van der Waals surface area contributed by atoms with E-state index in [1.807, 2.05) is 23.6 Å². The maximum atomic E-state index is 11.9. The van der Waals surface area contributed by atoms with Crippen molar-refractivity contribution in [1.82, 2.24) is 14.8 Å². The van der Waals surface area contributed by atoms with Gasteiger partial charge in [-0.25, -0.2) is 0 Å². The number of nitrogens with one attached hydrogen (secondary N) is 2. The molecule has 1 aromatic heterocycles. The first kappa shape index (κ1) is 14.2. The molecule has 2 N–H and O–H groups in total. The molecule has 0 bridgehead atoms. The van der Waals surface area contributed by atoms with Crippen molar-refractivity contribution in [2.24, 2.45) is 11.1 Å². The molecule has 1 aliphatic rings. The Morgan fingerprint density at radius 3 is 2.50 bits per heavy atom. The molecule has 20 heavy (non-hydrogen) atoms. The minimum Gasteiger partial charge on any atom is -0.352 e. The highest BCUT2D eigenvalue weighted by molar-refractivity contribution is 5.78. The molecule has 0 aliphatic carbocycles. The summed E-state index contributed by atoms with van der Waals surface area (Å²) < 4.78 is 0. The van der Waals surface area contributed by atoms with Crippen LogP contribution in [0.1, 0.15) is 13.8 Å². The van der Waals surface area contributed by atoms with E-state index in [2.05, 4.69) is 10.3 Å². The molecule has 0 saturated carbocycles. The normalized spacial score (nSPS) is 15.6. The molecule has 0 radical (unpaired) electrons. The van der Waals surface area contributed by atoms with Gasteiger partial charge in [-0.1, -0.05) is 19.1 Å². The number of hydrogen-bond acceptors (Lipinski definition) is 6. The molecular weight excluding hydrogens is 258 g/mol. The Morgan fingerprint density at radius 1 is 1.30 bits per heavy atom. The van der Waals surface area contributed by atoms with E-state index in [1.54, 1.807) is 12.1 Å². The van der Waals surface area contributed by atoms with Crippen LogP contribution in [0.15, 0.2) is 17.4 Å². The van der Waals surface area contributed by atoms with Crippen molar-refractivity contribution < 1.29 is 4.79 Å². The summed E-state index contributed by atoms with van der Waals surface area (Å²) >= 11 is 0. The second kappa shape index (κ2) is 5.81. The molecule has 0 unspecified atom stereocenters. The number of anilines is 1. The lowest BCUT2D eigenvalue weighted by Gasteiger charge is -2.36. The Balaban J connectivity index is 2.06. The first-order valence-electron chi connectivity index (χ1n) is 6.59. The minimum absolute atomic E-state index is 0.0199. The van der Waals surface area contributed by atoms with Crippen LogP contribution in [0.5, 0.6) is 0 Å². The van der Waals surface area contributed by atoms with Crippen molar-refractivity contribution in [3.8, 4) is 0 Å². The largest absolute Gasteiger partial charge is 0.352 e. The Labute approximate surface area is 117 Å². The minimum atomic E-state index is 0.0199. The van der Waals surface area contributed by atoms with Gasteiger partial charge in [0, 0.05) is 32.1 Å². The van der Waals surface area contributed by atoms with E-state index in [-0.39, 0.29) is 17.3 Å². The van der Waals surface area contributed by atoms with E-state index in [1.165, 1.54) is 0 Å². The summed E-state index contributed by atoms with van der Waals surface area (Å²) in [6.07, 6.45) is 0. The lowest BCUT2D eigenvalue weighted by molar-refractivity contribution is -0.134. The van der Waals surface area contributed by atoms with Gasteiger partial charge in [0.05, 0.1) is 0 Å². The van der Waals surface area contributed by atoms with Gasteiger partial charge in [0.2, 0.25) is 5.91 Å². The topological polar surface area (TPSA) is 101 Å². The molecule has 1 amide bonds. The summed E-state index contributed by atoms with van der Waals surface area (Å²) in [5.74, 6) is 0.871. The average Bonchev–Trinajstić information content (AvgIpc) is 2.47. The molecule has 1 aliphatic heterocycles. The van der Waals surface area contributed by atoms with Gasteiger partial charge in [-0.2, -0.15) is 5.53 Å². The molecule has 1 aromatic rings. The third-order valence-electron chi connectivity index (χ3n) is 3.31. The number of hydrogen-bond donors (Lipinski definition) is 2.